The van der Waals surface area contributed by atoms with Gasteiger partial charge in [-0.05, 0) is 49.1 Å². The van der Waals surface area contributed by atoms with Gasteiger partial charge in [0.1, 0.15) is 0 Å². The highest BCUT2D eigenvalue weighted by atomic mass is 19.2. The number of aryl methyl sites for hydroxylation is 1. The van der Waals surface area contributed by atoms with Crippen LogP contribution in [0.2, 0.25) is 0 Å². The van der Waals surface area contributed by atoms with E-state index in [9.17, 15) is 13.6 Å². The Bertz CT molecular complexity index is 759. The van der Waals surface area contributed by atoms with Gasteiger partial charge in [0.15, 0.2) is 11.6 Å². The van der Waals surface area contributed by atoms with E-state index in [0.717, 1.165) is 11.1 Å². The minimum atomic E-state index is -1.01. The fraction of sp³-hybridized carbons (Fsp3) is 0.316. The number of halogens is 2. The third-order valence-corrected chi connectivity index (χ3v) is 4.02. The van der Waals surface area contributed by atoms with Crippen molar-refractivity contribution in [3.63, 3.8) is 0 Å². The van der Waals surface area contributed by atoms with Crippen LogP contribution in [0.25, 0.3) is 11.1 Å². The zero-order valence-corrected chi connectivity index (χ0v) is 14.0. The molecule has 0 aliphatic carbocycles. The molecule has 0 radical (unpaired) electrons. The van der Waals surface area contributed by atoms with Crippen LogP contribution in [0.4, 0.5) is 8.78 Å². The van der Waals surface area contributed by atoms with Crippen molar-refractivity contribution in [2.24, 2.45) is 5.73 Å². The van der Waals surface area contributed by atoms with Gasteiger partial charge in [-0.25, -0.2) is 8.78 Å². The Balaban J connectivity index is 2.53. The van der Waals surface area contributed by atoms with Crippen LogP contribution in [0.3, 0.4) is 0 Å². The van der Waals surface area contributed by atoms with Gasteiger partial charge in [-0.1, -0.05) is 24.3 Å². The van der Waals surface area contributed by atoms with Gasteiger partial charge in [0.05, 0.1) is 13.0 Å². The zero-order valence-electron chi connectivity index (χ0n) is 14.0. The highest BCUT2D eigenvalue weighted by molar-refractivity contribution is 5.74. The third kappa shape index (κ3) is 3.62. The van der Waals surface area contributed by atoms with E-state index in [1.807, 2.05) is 31.2 Å². The summed E-state index contributed by atoms with van der Waals surface area (Å²) >= 11 is 0. The van der Waals surface area contributed by atoms with Crippen LogP contribution in [0.1, 0.15) is 36.1 Å². The van der Waals surface area contributed by atoms with Crippen LogP contribution < -0.4 is 5.73 Å². The average Bonchev–Trinajstić information content (AvgIpc) is 2.52. The second-order valence-electron chi connectivity index (χ2n) is 5.69. The predicted molar refractivity (Wildman–Crippen MR) is 89.4 cm³/mol. The molecule has 0 aliphatic heterocycles. The Morgan fingerprint density at radius 2 is 1.88 bits per heavy atom. The van der Waals surface area contributed by atoms with E-state index in [1.54, 1.807) is 13.8 Å². The standard InChI is InChI=1S/C19H21F2NO2/c1-4-24-17(23)10-16(22)18-12(3)14(9-15(20)19(18)21)13-8-6-5-7-11(13)2/h5-9,16H,4,10,22H2,1-3H3/t16-/m0/s1. The molecule has 5 heteroatoms. The molecule has 1 atom stereocenters. The lowest BCUT2D eigenvalue weighted by atomic mass is 9.89. The maximum absolute atomic E-state index is 14.3. The highest BCUT2D eigenvalue weighted by Crippen LogP contribution is 2.34. The Hall–Kier alpha value is -2.27. The quantitative estimate of drug-likeness (QED) is 0.834. The topological polar surface area (TPSA) is 52.3 Å². The van der Waals surface area contributed by atoms with E-state index in [4.69, 9.17) is 10.5 Å². The molecule has 2 aromatic rings. The molecule has 2 rings (SSSR count). The molecule has 3 nitrogen and oxygen atoms in total. The maximum Gasteiger partial charge on any atom is 0.307 e. The van der Waals surface area contributed by atoms with E-state index in [0.29, 0.717) is 11.1 Å². The fourth-order valence-electron chi connectivity index (χ4n) is 2.83. The monoisotopic (exact) mass is 333 g/mol. The fourth-order valence-corrected chi connectivity index (χ4v) is 2.83. The van der Waals surface area contributed by atoms with Gasteiger partial charge < -0.3 is 10.5 Å². The minimum absolute atomic E-state index is 0.0151. The van der Waals surface area contributed by atoms with E-state index in [1.165, 1.54) is 6.07 Å². The molecule has 0 aliphatic rings. The van der Waals surface area contributed by atoms with Crippen molar-refractivity contribution in [3.8, 4) is 11.1 Å². The van der Waals surface area contributed by atoms with Crippen molar-refractivity contribution in [2.45, 2.75) is 33.2 Å². The molecule has 0 aromatic heterocycles. The van der Waals surface area contributed by atoms with Crippen LogP contribution in [0.15, 0.2) is 30.3 Å². The first-order valence-corrected chi connectivity index (χ1v) is 7.82. The van der Waals surface area contributed by atoms with Gasteiger partial charge in [-0.15, -0.1) is 0 Å². The van der Waals surface area contributed by atoms with Gasteiger partial charge in [-0.3, -0.25) is 4.79 Å². The summed E-state index contributed by atoms with van der Waals surface area (Å²) in [5.41, 5.74) is 8.83. The second kappa shape index (κ2) is 7.53. The number of esters is 1. The summed E-state index contributed by atoms with van der Waals surface area (Å²) in [5.74, 6) is -2.53. The smallest absolute Gasteiger partial charge is 0.307 e. The number of hydrogen-bond acceptors (Lipinski definition) is 3. The Morgan fingerprint density at radius 3 is 2.50 bits per heavy atom. The lowest BCUT2D eigenvalue weighted by Gasteiger charge is -2.19. The molecule has 2 N–H and O–H groups in total. The van der Waals surface area contributed by atoms with Gasteiger partial charge in [0.2, 0.25) is 0 Å². The molecule has 128 valence electrons. The first kappa shape index (κ1) is 18.1. The number of carbonyl (C=O) groups excluding carboxylic acids is 1. The number of ether oxygens (including phenoxy) is 1. The van der Waals surface area contributed by atoms with Gasteiger partial charge in [0.25, 0.3) is 0 Å². The predicted octanol–water partition coefficient (Wildman–Crippen LogP) is 4.20. The molecule has 2 aromatic carbocycles. The van der Waals surface area contributed by atoms with Crippen molar-refractivity contribution >= 4 is 5.97 Å². The number of benzene rings is 2. The normalized spacial score (nSPS) is 12.1. The van der Waals surface area contributed by atoms with Crippen LogP contribution in [0, 0.1) is 25.5 Å². The lowest BCUT2D eigenvalue weighted by molar-refractivity contribution is -0.143. The number of rotatable bonds is 5. The molecule has 0 unspecified atom stereocenters. The first-order valence-electron chi connectivity index (χ1n) is 7.82. The van der Waals surface area contributed by atoms with E-state index < -0.39 is 23.6 Å². The third-order valence-electron chi connectivity index (χ3n) is 4.02. The van der Waals surface area contributed by atoms with Crippen LogP contribution in [0.5, 0.6) is 0 Å². The Kier molecular flexibility index (Phi) is 5.67. The van der Waals surface area contributed by atoms with Crippen molar-refractivity contribution in [1.82, 2.24) is 0 Å². The maximum atomic E-state index is 14.3. The van der Waals surface area contributed by atoms with Gasteiger partial charge >= 0.3 is 5.97 Å². The van der Waals surface area contributed by atoms with Gasteiger partial charge in [-0.2, -0.15) is 0 Å². The van der Waals surface area contributed by atoms with Crippen molar-refractivity contribution < 1.29 is 18.3 Å². The summed E-state index contributed by atoms with van der Waals surface area (Å²) in [4.78, 5) is 11.6. The van der Waals surface area contributed by atoms with E-state index >= 15 is 0 Å². The molecule has 0 bridgehead atoms. The number of carbonyl (C=O) groups is 1. The lowest BCUT2D eigenvalue weighted by Crippen LogP contribution is -2.20. The summed E-state index contributed by atoms with van der Waals surface area (Å²) in [6.07, 6.45) is -0.206. The molecule has 0 fully saturated rings. The van der Waals surface area contributed by atoms with E-state index in [-0.39, 0.29) is 18.6 Å². The van der Waals surface area contributed by atoms with Gasteiger partial charge in [0, 0.05) is 11.6 Å². The van der Waals surface area contributed by atoms with Crippen molar-refractivity contribution in [2.75, 3.05) is 6.61 Å². The van der Waals surface area contributed by atoms with E-state index in [2.05, 4.69) is 0 Å². The Morgan fingerprint density at radius 1 is 1.21 bits per heavy atom. The van der Waals surface area contributed by atoms with Crippen LogP contribution in [-0.2, 0) is 9.53 Å². The largest absolute Gasteiger partial charge is 0.466 e. The minimum Gasteiger partial charge on any atom is -0.466 e. The molecule has 0 saturated heterocycles. The summed E-state index contributed by atoms with van der Waals surface area (Å²) in [6.45, 7) is 5.47. The molecular formula is C19H21F2NO2. The molecule has 0 spiro atoms. The zero-order chi connectivity index (χ0) is 17.9. The molecule has 0 saturated carbocycles. The number of hydrogen-bond donors (Lipinski definition) is 1. The molecular weight excluding hydrogens is 312 g/mol. The molecule has 24 heavy (non-hydrogen) atoms. The average molecular weight is 333 g/mol. The summed E-state index contributed by atoms with van der Waals surface area (Å²) in [5, 5.41) is 0. The molecule has 0 amide bonds. The van der Waals surface area contributed by atoms with Crippen LogP contribution in [-0.4, -0.2) is 12.6 Å². The second-order valence-corrected chi connectivity index (χ2v) is 5.69. The summed E-state index contributed by atoms with van der Waals surface area (Å²) < 4.78 is 33.3. The Labute approximate surface area is 140 Å². The SMILES string of the molecule is CCOC(=O)C[C@H](N)c1c(C)c(-c2ccccc2C)cc(F)c1F. The first-order chi connectivity index (χ1) is 11.4. The summed E-state index contributed by atoms with van der Waals surface area (Å²) in [6, 6.07) is 7.66. The van der Waals surface area contributed by atoms with Crippen molar-refractivity contribution in [3.05, 3.63) is 58.7 Å². The molecule has 0 heterocycles. The number of nitrogens with two attached hydrogens (primary N) is 1. The highest BCUT2D eigenvalue weighted by Gasteiger charge is 2.24. The summed E-state index contributed by atoms with van der Waals surface area (Å²) in [7, 11) is 0. The van der Waals surface area contributed by atoms with Crippen LogP contribution >= 0.6 is 0 Å². The van der Waals surface area contributed by atoms with Crippen molar-refractivity contribution in [1.29, 1.82) is 0 Å².